The molecule has 104 valence electrons. The summed E-state index contributed by atoms with van der Waals surface area (Å²) in [5.41, 5.74) is 0.309. The monoisotopic (exact) mass is 251 g/mol. The van der Waals surface area contributed by atoms with Gasteiger partial charge in [-0.25, -0.2) is 0 Å². The number of piperidine rings is 1. The van der Waals surface area contributed by atoms with E-state index in [4.69, 9.17) is 4.74 Å². The number of hydrogen-bond donors (Lipinski definition) is 1. The van der Waals surface area contributed by atoms with Crippen molar-refractivity contribution in [3.05, 3.63) is 0 Å². The minimum Gasteiger partial charge on any atom is -0.375 e. The van der Waals surface area contributed by atoms with Crippen LogP contribution in [0.1, 0.15) is 64.2 Å². The van der Waals surface area contributed by atoms with Crippen LogP contribution in [0.2, 0.25) is 0 Å². The summed E-state index contributed by atoms with van der Waals surface area (Å²) >= 11 is 0. The summed E-state index contributed by atoms with van der Waals surface area (Å²) in [7, 11) is 0. The Morgan fingerprint density at radius 3 is 2.67 bits per heavy atom. The van der Waals surface area contributed by atoms with Crippen molar-refractivity contribution in [3.63, 3.8) is 0 Å². The van der Waals surface area contributed by atoms with Crippen molar-refractivity contribution in [1.29, 1.82) is 0 Å². The zero-order valence-electron chi connectivity index (χ0n) is 11.8. The highest BCUT2D eigenvalue weighted by atomic mass is 16.5. The molecule has 3 fully saturated rings. The van der Waals surface area contributed by atoms with Crippen LogP contribution in [0.3, 0.4) is 0 Å². The van der Waals surface area contributed by atoms with Gasteiger partial charge in [-0.05, 0) is 69.9 Å². The predicted molar refractivity (Wildman–Crippen MR) is 74.7 cm³/mol. The van der Waals surface area contributed by atoms with E-state index in [0.29, 0.717) is 5.60 Å². The van der Waals surface area contributed by atoms with Gasteiger partial charge in [-0.3, -0.25) is 0 Å². The summed E-state index contributed by atoms with van der Waals surface area (Å²) in [5, 5.41) is 3.56. The number of hydrogen-bond acceptors (Lipinski definition) is 2. The number of ether oxygens (including phenoxy) is 1. The average molecular weight is 251 g/mol. The SMILES string of the molecule is C1CCC2(CC1)CC(CC1CCCNC1)CCO2. The molecule has 18 heavy (non-hydrogen) atoms. The molecule has 2 saturated heterocycles. The van der Waals surface area contributed by atoms with Gasteiger partial charge in [0.15, 0.2) is 0 Å². The molecule has 2 heterocycles. The second-order valence-corrected chi connectivity index (χ2v) is 6.90. The van der Waals surface area contributed by atoms with Gasteiger partial charge in [0.2, 0.25) is 0 Å². The van der Waals surface area contributed by atoms with Crippen molar-refractivity contribution in [1.82, 2.24) is 5.32 Å². The molecule has 1 saturated carbocycles. The van der Waals surface area contributed by atoms with Crippen molar-refractivity contribution in [2.75, 3.05) is 19.7 Å². The van der Waals surface area contributed by atoms with Gasteiger partial charge in [0.25, 0.3) is 0 Å². The lowest BCUT2D eigenvalue weighted by Gasteiger charge is -2.44. The van der Waals surface area contributed by atoms with Crippen LogP contribution in [-0.2, 0) is 4.74 Å². The molecule has 2 heteroatoms. The van der Waals surface area contributed by atoms with Crippen LogP contribution in [-0.4, -0.2) is 25.3 Å². The Morgan fingerprint density at radius 1 is 1.00 bits per heavy atom. The second kappa shape index (κ2) is 5.92. The highest BCUT2D eigenvalue weighted by Crippen LogP contribution is 2.42. The molecule has 1 aliphatic carbocycles. The molecular weight excluding hydrogens is 222 g/mol. The Labute approximate surface area is 112 Å². The van der Waals surface area contributed by atoms with E-state index in [9.17, 15) is 0 Å². The molecule has 3 rings (SSSR count). The highest BCUT2D eigenvalue weighted by Gasteiger charge is 2.38. The van der Waals surface area contributed by atoms with E-state index in [2.05, 4.69) is 5.32 Å². The fourth-order valence-electron chi connectivity index (χ4n) is 4.47. The third kappa shape index (κ3) is 3.08. The maximum absolute atomic E-state index is 6.21. The molecule has 0 aromatic rings. The zero-order chi connectivity index (χ0) is 12.3. The number of nitrogens with one attached hydrogen (secondary N) is 1. The quantitative estimate of drug-likeness (QED) is 0.811. The van der Waals surface area contributed by atoms with Crippen LogP contribution in [0, 0.1) is 11.8 Å². The predicted octanol–water partition coefficient (Wildman–Crippen LogP) is 3.51. The van der Waals surface area contributed by atoms with E-state index in [0.717, 1.165) is 18.4 Å². The van der Waals surface area contributed by atoms with Crippen LogP contribution in [0.25, 0.3) is 0 Å². The lowest BCUT2D eigenvalue weighted by atomic mass is 9.73. The Balaban J connectivity index is 1.52. The molecule has 0 bridgehead atoms. The minimum atomic E-state index is 0.309. The van der Waals surface area contributed by atoms with E-state index in [-0.39, 0.29) is 0 Å². The fraction of sp³-hybridized carbons (Fsp3) is 1.00. The topological polar surface area (TPSA) is 21.3 Å². The zero-order valence-corrected chi connectivity index (χ0v) is 11.8. The Bertz CT molecular complexity index is 248. The molecular formula is C16H29NO. The van der Waals surface area contributed by atoms with Crippen molar-refractivity contribution in [2.45, 2.75) is 69.8 Å². The molecule has 2 nitrogen and oxygen atoms in total. The summed E-state index contributed by atoms with van der Waals surface area (Å²) in [6, 6.07) is 0. The first kappa shape index (κ1) is 12.9. The normalized spacial score (nSPS) is 36.7. The summed E-state index contributed by atoms with van der Waals surface area (Å²) < 4.78 is 6.21. The molecule has 0 amide bonds. The first-order valence-corrected chi connectivity index (χ1v) is 8.21. The Hall–Kier alpha value is -0.0800. The Kier molecular flexibility index (Phi) is 4.25. The van der Waals surface area contributed by atoms with Crippen molar-refractivity contribution >= 4 is 0 Å². The maximum atomic E-state index is 6.21. The van der Waals surface area contributed by atoms with Crippen LogP contribution in [0.5, 0.6) is 0 Å². The molecule has 1 spiro atoms. The fourth-order valence-corrected chi connectivity index (χ4v) is 4.47. The first-order chi connectivity index (χ1) is 8.86. The molecule has 2 atom stereocenters. The maximum Gasteiger partial charge on any atom is 0.0685 e. The van der Waals surface area contributed by atoms with Gasteiger partial charge < -0.3 is 10.1 Å². The Morgan fingerprint density at radius 2 is 1.89 bits per heavy atom. The van der Waals surface area contributed by atoms with Gasteiger partial charge in [0.05, 0.1) is 5.60 Å². The van der Waals surface area contributed by atoms with Gasteiger partial charge >= 0.3 is 0 Å². The van der Waals surface area contributed by atoms with Gasteiger partial charge in [-0.2, -0.15) is 0 Å². The standard InChI is InChI=1S/C16H29NO/c1-2-7-16(8-3-1)12-14(6-10-18-16)11-15-5-4-9-17-13-15/h14-15,17H,1-13H2. The van der Waals surface area contributed by atoms with Crippen LogP contribution in [0.15, 0.2) is 0 Å². The lowest BCUT2D eigenvalue weighted by Crippen LogP contribution is -2.42. The van der Waals surface area contributed by atoms with Crippen LogP contribution < -0.4 is 5.32 Å². The highest BCUT2D eigenvalue weighted by molar-refractivity contribution is 4.90. The minimum absolute atomic E-state index is 0.309. The largest absolute Gasteiger partial charge is 0.375 e. The van der Waals surface area contributed by atoms with Gasteiger partial charge in [-0.1, -0.05) is 19.3 Å². The smallest absolute Gasteiger partial charge is 0.0685 e. The average Bonchev–Trinajstić information content (AvgIpc) is 2.41. The van der Waals surface area contributed by atoms with E-state index in [1.54, 1.807) is 0 Å². The summed E-state index contributed by atoms with van der Waals surface area (Å²) in [4.78, 5) is 0. The third-order valence-corrected chi connectivity index (χ3v) is 5.43. The van der Waals surface area contributed by atoms with E-state index in [1.807, 2.05) is 0 Å². The molecule has 2 aliphatic heterocycles. The van der Waals surface area contributed by atoms with Crippen molar-refractivity contribution < 1.29 is 4.74 Å². The lowest BCUT2D eigenvalue weighted by molar-refractivity contribution is -0.120. The molecule has 1 N–H and O–H groups in total. The van der Waals surface area contributed by atoms with E-state index < -0.39 is 0 Å². The summed E-state index contributed by atoms with van der Waals surface area (Å²) in [5.74, 6) is 1.89. The molecule has 0 radical (unpaired) electrons. The molecule has 0 aromatic heterocycles. The molecule has 0 aromatic carbocycles. The van der Waals surface area contributed by atoms with Crippen molar-refractivity contribution in [3.8, 4) is 0 Å². The third-order valence-electron chi connectivity index (χ3n) is 5.43. The van der Waals surface area contributed by atoms with E-state index in [1.165, 1.54) is 77.3 Å². The van der Waals surface area contributed by atoms with Crippen LogP contribution >= 0.6 is 0 Å². The van der Waals surface area contributed by atoms with Crippen LogP contribution in [0.4, 0.5) is 0 Å². The van der Waals surface area contributed by atoms with Gasteiger partial charge in [0, 0.05) is 6.61 Å². The summed E-state index contributed by atoms with van der Waals surface area (Å²) in [6.45, 7) is 3.55. The molecule has 2 unspecified atom stereocenters. The van der Waals surface area contributed by atoms with Gasteiger partial charge in [0.1, 0.15) is 0 Å². The molecule has 3 aliphatic rings. The second-order valence-electron chi connectivity index (χ2n) is 6.90. The van der Waals surface area contributed by atoms with E-state index >= 15 is 0 Å². The summed E-state index contributed by atoms with van der Waals surface area (Å²) in [6.07, 6.45) is 13.9. The number of rotatable bonds is 2. The van der Waals surface area contributed by atoms with Gasteiger partial charge in [-0.15, -0.1) is 0 Å². The first-order valence-electron chi connectivity index (χ1n) is 8.21. The van der Waals surface area contributed by atoms with Crippen molar-refractivity contribution in [2.24, 2.45) is 11.8 Å².